The van der Waals surface area contributed by atoms with Crippen LogP contribution in [0.3, 0.4) is 0 Å². The Morgan fingerprint density at radius 1 is 1.17 bits per heavy atom. The quantitative estimate of drug-likeness (QED) is 0.233. The number of aromatic nitrogens is 1. The molecule has 3 rings (SSSR count). The minimum absolute atomic E-state index is 0.189. The molecule has 1 heterocycles. The van der Waals surface area contributed by atoms with Gasteiger partial charge in [0.1, 0.15) is 5.82 Å². The van der Waals surface area contributed by atoms with Crippen molar-refractivity contribution in [1.29, 1.82) is 5.41 Å². The lowest BCUT2D eigenvalue weighted by molar-refractivity contribution is 0.0869. The Kier molecular flexibility index (Phi) is 9.17. The molecule has 186 valence electrons. The lowest BCUT2D eigenvalue weighted by Gasteiger charge is -2.22. The molecule has 0 bridgehead atoms. The van der Waals surface area contributed by atoms with Crippen LogP contribution in [-0.4, -0.2) is 59.4 Å². The largest absolute Gasteiger partial charge is 0.398 e. The van der Waals surface area contributed by atoms with Crippen LogP contribution in [0.15, 0.2) is 54.7 Å². The molecule has 0 aliphatic heterocycles. The average molecular weight is 485 g/mol. The van der Waals surface area contributed by atoms with Gasteiger partial charge in [-0.25, -0.2) is 4.98 Å². The van der Waals surface area contributed by atoms with Crippen molar-refractivity contribution in [3.05, 3.63) is 77.0 Å². The van der Waals surface area contributed by atoms with Gasteiger partial charge < -0.3 is 32.2 Å². The van der Waals surface area contributed by atoms with Crippen LogP contribution in [0, 0.1) is 17.3 Å². The van der Waals surface area contributed by atoms with Crippen LogP contribution in [0.1, 0.15) is 40.9 Å². The van der Waals surface area contributed by atoms with E-state index in [2.05, 4.69) is 27.0 Å². The first-order chi connectivity index (χ1) is 17.4. The first-order valence-electron chi connectivity index (χ1n) is 11.8. The number of benzene rings is 2. The van der Waals surface area contributed by atoms with Gasteiger partial charge in [0.15, 0.2) is 0 Å². The van der Waals surface area contributed by atoms with E-state index in [-0.39, 0.29) is 12.5 Å². The third-order valence-electron chi connectivity index (χ3n) is 5.86. The van der Waals surface area contributed by atoms with Gasteiger partial charge in [0.25, 0.3) is 5.91 Å². The highest BCUT2D eigenvalue weighted by atomic mass is 16.3. The number of aliphatic hydroxyl groups excluding tert-OH is 1. The molecule has 8 heteroatoms. The Hall–Kier alpha value is -4.19. The Morgan fingerprint density at radius 3 is 2.53 bits per heavy atom. The maximum absolute atomic E-state index is 12.5. The van der Waals surface area contributed by atoms with Crippen molar-refractivity contribution in [2.45, 2.75) is 20.0 Å². The fourth-order valence-corrected chi connectivity index (χ4v) is 3.73. The van der Waals surface area contributed by atoms with E-state index < -0.39 is 6.10 Å². The first-order valence-corrected chi connectivity index (χ1v) is 11.8. The second kappa shape index (κ2) is 12.5. The number of nitrogens with two attached hydrogens (primary N) is 2. The standard InChI is InChI=1S/C28H32N6O2/c1-3-34(4-2)18-23(35)17-33-28(36)20-8-5-19(6-9-20)7-11-25-24-12-10-21(26(30)13-14-29)15-22(24)16-32-27(25)31/h5-6,8-10,12-16,23,29,35H,3-4,17-18,30H2,1-2H3,(H2,31,32)(H,33,36)/b26-13-,29-14?. The summed E-state index contributed by atoms with van der Waals surface area (Å²) in [5.74, 6) is 6.27. The number of hydrogen-bond donors (Lipinski definition) is 5. The van der Waals surface area contributed by atoms with E-state index in [1.165, 1.54) is 6.08 Å². The van der Waals surface area contributed by atoms with Crippen LogP contribution in [0.5, 0.6) is 0 Å². The Labute approximate surface area is 211 Å². The SMILES string of the molecule is CCN(CC)CC(O)CNC(=O)c1ccc(C#Cc2c(N)ncc3cc(/C(N)=C/C=N)ccc23)cc1. The lowest BCUT2D eigenvalue weighted by atomic mass is 10.0. The number of pyridine rings is 1. The molecule has 7 N–H and O–H groups in total. The van der Waals surface area contributed by atoms with E-state index in [0.29, 0.717) is 29.2 Å². The summed E-state index contributed by atoms with van der Waals surface area (Å²) in [4.78, 5) is 18.8. The molecule has 2 aromatic carbocycles. The minimum Gasteiger partial charge on any atom is -0.398 e. The fraction of sp³-hybridized carbons (Fsp3) is 0.250. The molecule has 36 heavy (non-hydrogen) atoms. The number of allylic oxidation sites excluding steroid dienone is 1. The van der Waals surface area contributed by atoms with Crippen LogP contribution in [0.25, 0.3) is 16.5 Å². The lowest BCUT2D eigenvalue weighted by Crippen LogP contribution is -2.40. The number of anilines is 1. The summed E-state index contributed by atoms with van der Waals surface area (Å²) in [6.45, 7) is 6.48. The van der Waals surface area contributed by atoms with Crippen molar-refractivity contribution in [1.82, 2.24) is 15.2 Å². The molecule has 3 aromatic rings. The smallest absolute Gasteiger partial charge is 0.251 e. The molecular weight excluding hydrogens is 452 g/mol. The van der Waals surface area contributed by atoms with E-state index >= 15 is 0 Å². The number of nitrogen functional groups attached to an aromatic ring is 1. The van der Waals surface area contributed by atoms with Crippen molar-refractivity contribution in [3.63, 3.8) is 0 Å². The molecule has 1 unspecified atom stereocenters. The van der Waals surface area contributed by atoms with Gasteiger partial charge in [0.2, 0.25) is 0 Å². The van der Waals surface area contributed by atoms with Gasteiger partial charge in [-0.3, -0.25) is 4.79 Å². The summed E-state index contributed by atoms with van der Waals surface area (Å²) < 4.78 is 0. The van der Waals surface area contributed by atoms with Crippen LogP contribution < -0.4 is 16.8 Å². The average Bonchev–Trinajstić information content (AvgIpc) is 2.90. The predicted molar refractivity (Wildman–Crippen MR) is 146 cm³/mol. The topological polar surface area (TPSA) is 141 Å². The van der Waals surface area contributed by atoms with Gasteiger partial charge >= 0.3 is 0 Å². The molecule has 1 atom stereocenters. The van der Waals surface area contributed by atoms with Gasteiger partial charge in [-0.1, -0.05) is 37.8 Å². The number of fused-ring (bicyclic) bond motifs is 1. The van der Waals surface area contributed by atoms with Gasteiger partial charge in [-0.2, -0.15) is 0 Å². The Morgan fingerprint density at radius 2 is 1.86 bits per heavy atom. The summed E-state index contributed by atoms with van der Waals surface area (Å²) in [6.07, 6.45) is 3.70. The highest BCUT2D eigenvalue weighted by molar-refractivity contribution is 5.95. The second-order valence-corrected chi connectivity index (χ2v) is 8.29. The van der Waals surface area contributed by atoms with Crippen molar-refractivity contribution < 1.29 is 9.90 Å². The number of amides is 1. The number of hydrogen-bond acceptors (Lipinski definition) is 7. The normalized spacial score (nSPS) is 12.2. The molecule has 0 spiro atoms. The van der Waals surface area contributed by atoms with Crippen LogP contribution in [-0.2, 0) is 0 Å². The fourth-order valence-electron chi connectivity index (χ4n) is 3.73. The monoisotopic (exact) mass is 484 g/mol. The molecule has 0 saturated carbocycles. The molecule has 0 aliphatic carbocycles. The third kappa shape index (κ3) is 6.69. The minimum atomic E-state index is -0.627. The Balaban J connectivity index is 1.73. The van der Waals surface area contributed by atoms with Gasteiger partial charge in [-0.05, 0) is 55.1 Å². The van der Waals surface area contributed by atoms with Crippen LogP contribution in [0.4, 0.5) is 5.82 Å². The van der Waals surface area contributed by atoms with Crippen molar-refractivity contribution in [2.24, 2.45) is 5.73 Å². The van der Waals surface area contributed by atoms with Crippen molar-refractivity contribution >= 4 is 34.4 Å². The zero-order valence-electron chi connectivity index (χ0n) is 20.6. The Bertz CT molecular complexity index is 1320. The second-order valence-electron chi connectivity index (χ2n) is 8.29. The molecule has 0 saturated heterocycles. The van der Waals surface area contributed by atoms with E-state index in [0.717, 1.165) is 41.2 Å². The van der Waals surface area contributed by atoms with Crippen LogP contribution in [0.2, 0.25) is 0 Å². The highest BCUT2D eigenvalue weighted by Crippen LogP contribution is 2.24. The predicted octanol–water partition coefficient (Wildman–Crippen LogP) is 2.60. The summed E-state index contributed by atoms with van der Waals surface area (Å²) in [5, 5.41) is 21.8. The van der Waals surface area contributed by atoms with Gasteiger partial charge in [0.05, 0.1) is 11.7 Å². The van der Waals surface area contributed by atoms with Gasteiger partial charge in [-0.15, -0.1) is 0 Å². The van der Waals surface area contributed by atoms with Gasteiger partial charge in [0, 0.05) is 53.1 Å². The maximum atomic E-state index is 12.5. The summed E-state index contributed by atoms with van der Waals surface area (Å²) in [5.41, 5.74) is 15.2. The molecule has 0 fully saturated rings. The molecular formula is C28H32N6O2. The van der Waals surface area contributed by atoms with Crippen molar-refractivity contribution in [3.8, 4) is 11.8 Å². The molecule has 1 aromatic heterocycles. The molecule has 0 aliphatic rings. The van der Waals surface area contributed by atoms with Crippen LogP contribution >= 0.6 is 0 Å². The summed E-state index contributed by atoms with van der Waals surface area (Å²) in [7, 11) is 0. The maximum Gasteiger partial charge on any atom is 0.251 e. The third-order valence-corrected chi connectivity index (χ3v) is 5.86. The summed E-state index contributed by atoms with van der Waals surface area (Å²) in [6, 6.07) is 12.6. The zero-order chi connectivity index (χ0) is 26.1. The number of nitrogens with one attached hydrogen (secondary N) is 2. The van der Waals surface area contributed by atoms with Crippen molar-refractivity contribution in [2.75, 3.05) is 31.9 Å². The number of rotatable bonds is 9. The van der Waals surface area contributed by atoms with E-state index in [1.54, 1.807) is 30.5 Å². The molecule has 1 amide bonds. The van der Waals surface area contributed by atoms with E-state index in [4.69, 9.17) is 16.9 Å². The number of aliphatic hydroxyl groups is 1. The summed E-state index contributed by atoms with van der Waals surface area (Å²) >= 11 is 0. The zero-order valence-corrected chi connectivity index (χ0v) is 20.6. The number of likely N-dealkylation sites (N-methyl/N-ethyl adjacent to an activating group) is 1. The highest BCUT2D eigenvalue weighted by Gasteiger charge is 2.12. The number of nitrogens with zero attached hydrogens (tertiary/aromatic N) is 2. The molecule has 0 radical (unpaired) electrons. The molecule has 8 nitrogen and oxygen atoms in total. The van der Waals surface area contributed by atoms with E-state index in [9.17, 15) is 9.90 Å². The van der Waals surface area contributed by atoms with E-state index in [1.807, 2.05) is 32.0 Å². The number of carbonyl (C=O) groups is 1. The first kappa shape index (κ1) is 26.4. The number of carbonyl (C=O) groups excluding carboxylic acids is 1.